The molecule has 0 heterocycles. The summed E-state index contributed by atoms with van der Waals surface area (Å²) in [6.07, 6.45) is 6.07. The summed E-state index contributed by atoms with van der Waals surface area (Å²) in [6.45, 7) is 0.523. The fraction of sp³-hybridized carbons (Fsp3) is 0.529. The van der Waals surface area contributed by atoms with Gasteiger partial charge in [-0.05, 0) is 68.7 Å². The van der Waals surface area contributed by atoms with Crippen molar-refractivity contribution in [2.24, 2.45) is 5.73 Å². The number of nitrogens with one attached hydrogen (secondary N) is 2. The highest BCUT2D eigenvalue weighted by atomic mass is 16.4. The number of carboxylic acid groups (broad SMARTS) is 1. The second kappa shape index (κ2) is 8.53. The van der Waals surface area contributed by atoms with E-state index in [-0.39, 0.29) is 0 Å². The fourth-order valence-electron chi connectivity index (χ4n) is 2.97. The molecule has 23 heavy (non-hydrogen) atoms. The van der Waals surface area contributed by atoms with Gasteiger partial charge in [0.15, 0.2) is 0 Å². The highest BCUT2D eigenvalue weighted by Crippen LogP contribution is 2.27. The van der Waals surface area contributed by atoms with E-state index in [9.17, 15) is 14.7 Å². The molecule has 1 aromatic carbocycles. The van der Waals surface area contributed by atoms with Crippen molar-refractivity contribution >= 4 is 17.7 Å². The van der Waals surface area contributed by atoms with Crippen LogP contribution in [0.15, 0.2) is 18.2 Å². The second-order valence-corrected chi connectivity index (χ2v) is 5.92. The van der Waals surface area contributed by atoms with Gasteiger partial charge < -0.3 is 21.5 Å². The van der Waals surface area contributed by atoms with Crippen LogP contribution in [0.3, 0.4) is 0 Å². The van der Waals surface area contributed by atoms with Crippen molar-refractivity contribution in [2.75, 3.05) is 11.9 Å². The number of amides is 2. The Morgan fingerprint density at radius 2 is 2.00 bits per heavy atom. The summed E-state index contributed by atoms with van der Waals surface area (Å²) >= 11 is 0. The van der Waals surface area contributed by atoms with Gasteiger partial charge in [-0.25, -0.2) is 9.59 Å². The van der Waals surface area contributed by atoms with Gasteiger partial charge in [0.05, 0.1) is 0 Å². The molecule has 0 aliphatic heterocycles. The topological polar surface area (TPSA) is 104 Å². The summed E-state index contributed by atoms with van der Waals surface area (Å²) in [4.78, 5) is 23.4. The standard InChI is InChI=1S/C17H25N3O3/c18-11-4-3-9-15(16(21)22)20-17(23)19-14-10-5-7-12-6-1-2-8-13(12)14/h5,7,10,15H,1-4,6,8-9,11,18H2,(H,21,22)(H2,19,20,23)/t15-/m0/s1. The highest BCUT2D eigenvalue weighted by molar-refractivity contribution is 5.93. The number of fused-ring (bicyclic) bond motifs is 1. The Kier molecular flexibility index (Phi) is 6.40. The van der Waals surface area contributed by atoms with Gasteiger partial charge in [0.25, 0.3) is 0 Å². The van der Waals surface area contributed by atoms with Crippen LogP contribution in [0.1, 0.15) is 43.2 Å². The van der Waals surface area contributed by atoms with Crippen LogP contribution in [0.25, 0.3) is 0 Å². The van der Waals surface area contributed by atoms with Crippen LogP contribution in [-0.4, -0.2) is 29.7 Å². The molecule has 0 saturated carbocycles. The minimum absolute atomic E-state index is 0.382. The molecule has 1 atom stereocenters. The number of anilines is 1. The average molecular weight is 319 g/mol. The van der Waals surface area contributed by atoms with Crippen LogP contribution in [0, 0.1) is 0 Å². The predicted molar refractivity (Wildman–Crippen MR) is 89.6 cm³/mol. The lowest BCUT2D eigenvalue weighted by Gasteiger charge is -2.21. The minimum Gasteiger partial charge on any atom is -0.480 e. The zero-order valence-corrected chi connectivity index (χ0v) is 13.3. The van der Waals surface area contributed by atoms with Gasteiger partial charge >= 0.3 is 12.0 Å². The number of nitrogens with two attached hydrogens (primary N) is 1. The van der Waals surface area contributed by atoms with Crippen molar-refractivity contribution in [1.29, 1.82) is 0 Å². The van der Waals surface area contributed by atoms with Crippen molar-refractivity contribution < 1.29 is 14.7 Å². The molecule has 0 radical (unpaired) electrons. The third-order valence-corrected chi connectivity index (χ3v) is 4.19. The highest BCUT2D eigenvalue weighted by Gasteiger charge is 2.20. The minimum atomic E-state index is -1.02. The summed E-state index contributed by atoms with van der Waals surface area (Å²) in [5.74, 6) is -1.02. The predicted octanol–water partition coefficient (Wildman–Crippen LogP) is 2.27. The molecule has 6 nitrogen and oxygen atoms in total. The van der Waals surface area contributed by atoms with Gasteiger partial charge in [0.2, 0.25) is 0 Å². The van der Waals surface area contributed by atoms with E-state index in [0.717, 1.165) is 31.4 Å². The number of hydrogen-bond acceptors (Lipinski definition) is 3. The summed E-state index contributed by atoms with van der Waals surface area (Å²) in [6, 6.07) is 4.53. The summed E-state index contributed by atoms with van der Waals surface area (Å²) in [7, 11) is 0. The Labute approximate surface area is 136 Å². The maximum atomic E-state index is 12.1. The maximum Gasteiger partial charge on any atom is 0.326 e. The van der Waals surface area contributed by atoms with Crippen molar-refractivity contribution in [1.82, 2.24) is 5.32 Å². The van der Waals surface area contributed by atoms with E-state index in [0.29, 0.717) is 19.4 Å². The normalized spacial score (nSPS) is 14.7. The van der Waals surface area contributed by atoms with Crippen LogP contribution < -0.4 is 16.4 Å². The van der Waals surface area contributed by atoms with Crippen LogP contribution in [0.2, 0.25) is 0 Å². The number of urea groups is 1. The molecule has 1 aromatic rings. The third kappa shape index (κ3) is 4.96. The van der Waals surface area contributed by atoms with E-state index >= 15 is 0 Å². The summed E-state index contributed by atoms with van der Waals surface area (Å²) < 4.78 is 0. The molecular formula is C17H25N3O3. The monoisotopic (exact) mass is 319 g/mol. The van der Waals surface area contributed by atoms with Gasteiger partial charge in [-0.15, -0.1) is 0 Å². The van der Waals surface area contributed by atoms with Gasteiger partial charge in [-0.1, -0.05) is 12.1 Å². The molecule has 6 heteroatoms. The Bertz CT molecular complexity index is 560. The Balaban J connectivity index is 1.97. The smallest absolute Gasteiger partial charge is 0.326 e. The van der Waals surface area contributed by atoms with Crippen molar-refractivity contribution in [3.63, 3.8) is 0 Å². The number of hydrogen-bond donors (Lipinski definition) is 4. The number of aryl methyl sites for hydroxylation is 1. The zero-order valence-electron chi connectivity index (χ0n) is 13.3. The molecular weight excluding hydrogens is 294 g/mol. The molecule has 0 spiro atoms. The average Bonchev–Trinajstić information content (AvgIpc) is 2.54. The van der Waals surface area contributed by atoms with Crippen LogP contribution in [0.5, 0.6) is 0 Å². The Morgan fingerprint density at radius 3 is 2.74 bits per heavy atom. The van der Waals surface area contributed by atoms with E-state index in [1.54, 1.807) is 0 Å². The van der Waals surface area contributed by atoms with Gasteiger partial charge in [-0.3, -0.25) is 0 Å². The molecule has 0 unspecified atom stereocenters. The number of aliphatic carboxylic acids is 1. The van der Waals surface area contributed by atoms with Crippen LogP contribution in [-0.2, 0) is 17.6 Å². The quantitative estimate of drug-likeness (QED) is 0.579. The lowest BCUT2D eigenvalue weighted by atomic mass is 9.90. The number of benzene rings is 1. The second-order valence-electron chi connectivity index (χ2n) is 5.92. The molecule has 126 valence electrons. The number of rotatable bonds is 7. The number of carbonyl (C=O) groups is 2. The molecule has 0 bridgehead atoms. The first-order chi connectivity index (χ1) is 11.1. The lowest BCUT2D eigenvalue weighted by Crippen LogP contribution is -2.43. The van der Waals surface area contributed by atoms with E-state index in [1.165, 1.54) is 17.5 Å². The Hall–Kier alpha value is -2.08. The molecule has 0 saturated heterocycles. The molecule has 0 aromatic heterocycles. The van der Waals surface area contributed by atoms with Gasteiger partial charge in [0.1, 0.15) is 6.04 Å². The van der Waals surface area contributed by atoms with E-state index in [4.69, 9.17) is 5.73 Å². The maximum absolute atomic E-state index is 12.1. The SMILES string of the molecule is NCCCC[C@H](NC(=O)Nc1cccc2c1CCCC2)C(=O)O. The molecule has 5 N–H and O–H groups in total. The summed E-state index contributed by atoms with van der Waals surface area (Å²) in [5.41, 5.74) is 8.64. The third-order valence-electron chi connectivity index (χ3n) is 4.19. The number of carboxylic acids is 1. The number of carbonyl (C=O) groups excluding carboxylic acids is 1. The Morgan fingerprint density at radius 1 is 1.22 bits per heavy atom. The van der Waals surface area contributed by atoms with Crippen molar-refractivity contribution in [3.05, 3.63) is 29.3 Å². The molecule has 1 aliphatic rings. The van der Waals surface area contributed by atoms with Crippen molar-refractivity contribution in [2.45, 2.75) is 51.0 Å². The molecule has 2 amide bonds. The molecule has 1 aliphatic carbocycles. The van der Waals surface area contributed by atoms with E-state index < -0.39 is 18.0 Å². The zero-order chi connectivity index (χ0) is 16.7. The first-order valence-corrected chi connectivity index (χ1v) is 8.23. The first-order valence-electron chi connectivity index (χ1n) is 8.23. The van der Waals surface area contributed by atoms with Crippen LogP contribution >= 0.6 is 0 Å². The number of unbranched alkanes of at least 4 members (excludes halogenated alkanes) is 1. The van der Waals surface area contributed by atoms with Gasteiger partial charge in [0, 0.05) is 5.69 Å². The van der Waals surface area contributed by atoms with E-state index in [1.807, 2.05) is 12.1 Å². The molecule has 2 rings (SSSR count). The van der Waals surface area contributed by atoms with Gasteiger partial charge in [-0.2, -0.15) is 0 Å². The first kappa shape index (κ1) is 17.3. The largest absolute Gasteiger partial charge is 0.480 e. The fourth-order valence-corrected chi connectivity index (χ4v) is 2.97. The van der Waals surface area contributed by atoms with Crippen LogP contribution in [0.4, 0.5) is 10.5 Å². The summed E-state index contributed by atoms with van der Waals surface area (Å²) in [5, 5.41) is 14.6. The van der Waals surface area contributed by atoms with Crippen molar-refractivity contribution in [3.8, 4) is 0 Å². The van der Waals surface area contributed by atoms with E-state index in [2.05, 4.69) is 16.7 Å². The lowest BCUT2D eigenvalue weighted by molar-refractivity contribution is -0.139. The molecule has 0 fully saturated rings.